The van der Waals surface area contributed by atoms with Gasteiger partial charge in [-0.15, -0.1) is 5.10 Å². The van der Waals surface area contributed by atoms with Gasteiger partial charge in [-0.2, -0.15) is 0 Å². The molecule has 0 aliphatic heterocycles. The van der Waals surface area contributed by atoms with Crippen molar-refractivity contribution in [3.05, 3.63) is 34.3 Å². The van der Waals surface area contributed by atoms with Gasteiger partial charge in [-0.3, -0.25) is 0 Å². The molecule has 9 heteroatoms. The Morgan fingerprint density at radius 2 is 2.28 bits per heavy atom. The number of carbonyl (C=O) groups is 1. The number of aromatic amines is 1. The number of ether oxygens (including phenoxy) is 2. The molecule has 1 N–H and O–H groups in total. The van der Waals surface area contributed by atoms with Crippen molar-refractivity contribution in [2.24, 2.45) is 5.92 Å². The van der Waals surface area contributed by atoms with Crippen LogP contribution in [0.25, 0.3) is 11.0 Å². The Morgan fingerprint density at radius 1 is 1.44 bits per heavy atom. The molecule has 8 nitrogen and oxygen atoms in total. The number of halogens is 1. The molecule has 1 aliphatic carbocycles. The molecule has 0 amide bonds. The van der Waals surface area contributed by atoms with Gasteiger partial charge >= 0.3 is 5.97 Å². The second-order valence-electron chi connectivity index (χ2n) is 5.97. The summed E-state index contributed by atoms with van der Waals surface area (Å²) in [5.41, 5.74) is 2.50. The highest BCUT2D eigenvalue weighted by Gasteiger charge is 2.24. The fraction of sp³-hybridized carbons (Fsp3) is 0.375. The van der Waals surface area contributed by atoms with Crippen molar-refractivity contribution in [3.8, 4) is 5.75 Å². The van der Waals surface area contributed by atoms with Crippen molar-refractivity contribution in [3.63, 3.8) is 0 Å². The number of hydrogen-bond donors (Lipinski definition) is 1. The molecule has 0 radical (unpaired) electrons. The first kappa shape index (κ1) is 16.1. The van der Waals surface area contributed by atoms with E-state index in [0.29, 0.717) is 11.4 Å². The number of methoxy groups -OCH3 is 1. The van der Waals surface area contributed by atoms with E-state index in [1.54, 1.807) is 0 Å². The monoisotopic (exact) mass is 405 g/mol. The van der Waals surface area contributed by atoms with Gasteiger partial charge in [0.25, 0.3) is 0 Å². The Bertz CT molecular complexity index is 931. The smallest absolute Gasteiger partial charge is 0.358 e. The van der Waals surface area contributed by atoms with Crippen LogP contribution in [0.4, 0.5) is 0 Å². The standard InChI is InChI=1S/C16H16BrN5O3/c1-24-16(23)14-10(18-8-19-14)7-25-12-5-4-11-15(13(12)17)20-21-22(11)6-9-2-3-9/h4-5,8-9H,2-3,6-7H2,1H3,(H,18,19). The van der Waals surface area contributed by atoms with E-state index >= 15 is 0 Å². The summed E-state index contributed by atoms with van der Waals surface area (Å²) in [5, 5.41) is 8.50. The maximum atomic E-state index is 11.7. The first-order valence-corrected chi connectivity index (χ1v) is 8.71. The number of H-pyrrole nitrogens is 1. The summed E-state index contributed by atoms with van der Waals surface area (Å²) in [4.78, 5) is 18.5. The van der Waals surface area contributed by atoms with Gasteiger partial charge in [0, 0.05) is 6.54 Å². The lowest BCUT2D eigenvalue weighted by molar-refractivity contribution is 0.0591. The van der Waals surface area contributed by atoms with E-state index in [9.17, 15) is 4.79 Å². The second kappa shape index (κ2) is 6.47. The Kier molecular flexibility index (Phi) is 4.16. The van der Waals surface area contributed by atoms with E-state index in [1.165, 1.54) is 26.3 Å². The van der Waals surface area contributed by atoms with Gasteiger partial charge in [0.15, 0.2) is 5.69 Å². The number of nitrogens with zero attached hydrogens (tertiary/aromatic N) is 4. The molecule has 130 valence electrons. The van der Waals surface area contributed by atoms with Crippen LogP contribution < -0.4 is 4.74 Å². The molecule has 0 unspecified atom stereocenters. The minimum atomic E-state index is -0.502. The van der Waals surface area contributed by atoms with Gasteiger partial charge in [-0.25, -0.2) is 14.5 Å². The van der Waals surface area contributed by atoms with Crippen LogP contribution >= 0.6 is 15.9 Å². The molecular formula is C16H16BrN5O3. The quantitative estimate of drug-likeness (QED) is 0.633. The Balaban J connectivity index is 1.55. The third-order valence-electron chi connectivity index (χ3n) is 4.19. The Hall–Kier alpha value is -2.42. The van der Waals surface area contributed by atoms with Crippen LogP contribution in [-0.2, 0) is 17.9 Å². The average molecular weight is 406 g/mol. The number of aromatic nitrogens is 5. The van der Waals surface area contributed by atoms with Crippen LogP contribution in [-0.4, -0.2) is 38.0 Å². The Labute approximate surface area is 151 Å². The first-order chi connectivity index (χ1) is 12.2. The third-order valence-corrected chi connectivity index (χ3v) is 4.95. The fourth-order valence-electron chi connectivity index (χ4n) is 2.63. The van der Waals surface area contributed by atoms with E-state index in [-0.39, 0.29) is 12.3 Å². The van der Waals surface area contributed by atoms with Crippen LogP contribution in [0.5, 0.6) is 5.75 Å². The lowest BCUT2D eigenvalue weighted by Crippen LogP contribution is -2.08. The summed E-state index contributed by atoms with van der Waals surface area (Å²) in [7, 11) is 1.32. The molecule has 4 rings (SSSR count). The van der Waals surface area contributed by atoms with Crippen LogP contribution in [0, 0.1) is 5.92 Å². The molecule has 3 aromatic rings. The summed E-state index contributed by atoms with van der Waals surface area (Å²) in [6, 6.07) is 3.82. The zero-order valence-corrected chi connectivity index (χ0v) is 15.1. The fourth-order valence-corrected chi connectivity index (χ4v) is 3.16. The van der Waals surface area contributed by atoms with Gasteiger partial charge < -0.3 is 14.5 Å². The summed E-state index contributed by atoms with van der Waals surface area (Å²) in [5.74, 6) is 0.838. The molecule has 0 atom stereocenters. The van der Waals surface area contributed by atoms with Crippen molar-refractivity contribution < 1.29 is 14.3 Å². The third kappa shape index (κ3) is 3.11. The lowest BCUT2D eigenvalue weighted by atomic mass is 10.3. The molecule has 2 aromatic heterocycles. The molecule has 0 bridgehead atoms. The van der Waals surface area contributed by atoms with E-state index < -0.39 is 5.97 Å². The average Bonchev–Trinajstić information content (AvgIpc) is 3.15. The predicted octanol–water partition coefficient (Wildman–Crippen LogP) is 2.69. The second-order valence-corrected chi connectivity index (χ2v) is 6.76. The van der Waals surface area contributed by atoms with Crippen LogP contribution in [0.1, 0.15) is 29.0 Å². The maximum Gasteiger partial charge on any atom is 0.358 e. The van der Waals surface area contributed by atoms with Crippen molar-refractivity contribution >= 4 is 32.9 Å². The normalized spacial score (nSPS) is 14.0. The highest BCUT2D eigenvalue weighted by Crippen LogP contribution is 2.35. The number of imidazole rings is 1. The zero-order chi connectivity index (χ0) is 17.4. The first-order valence-electron chi connectivity index (χ1n) is 7.92. The minimum absolute atomic E-state index is 0.157. The molecular weight excluding hydrogens is 390 g/mol. The SMILES string of the molecule is COC(=O)c1nc[nH]c1COc1ccc2c(nnn2CC2CC2)c1Br. The topological polar surface area (TPSA) is 94.9 Å². The largest absolute Gasteiger partial charge is 0.486 e. The van der Waals surface area contributed by atoms with Gasteiger partial charge in [0.05, 0.1) is 29.1 Å². The molecule has 2 heterocycles. The molecule has 0 saturated heterocycles. The van der Waals surface area contributed by atoms with E-state index in [1.807, 2.05) is 16.8 Å². The van der Waals surface area contributed by atoms with E-state index in [4.69, 9.17) is 9.47 Å². The number of carbonyl (C=O) groups excluding carboxylic acids is 1. The highest BCUT2D eigenvalue weighted by atomic mass is 79.9. The molecule has 0 spiro atoms. The molecule has 1 aromatic carbocycles. The minimum Gasteiger partial charge on any atom is -0.486 e. The summed E-state index contributed by atoms with van der Waals surface area (Å²) in [6.07, 6.45) is 3.96. The zero-order valence-electron chi connectivity index (χ0n) is 13.5. The van der Waals surface area contributed by atoms with Crippen molar-refractivity contribution in [2.45, 2.75) is 26.0 Å². The number of fused-ring (bicyclic) bond motifs is 1. The van der Waals surface area contributed by atoms with Crippen molar-refractivity contribution in [1.29, 1.82) is 0 Å². The molecule has 1 saturated carbocycles. The number of benzene rings is 1. The summed E-state index contributed by atoms with van der Waals surface area (Å²) in [6.45, 7) is 1.06. The Morgan fingerprint density at radius 3 is 3.04 bits per heavy atom. The maximum absolute atomic E-state index is 11.7. The van der Waals surface area contributed by atoms with Crippen molar-refractivity contribution in [2.75, 3.05) is 7.11 Å². The van der Waals surface area contributed by atoms with Crippen LogP contribution in [0.3, 0.4) is 0 Å². The molecule has 25 heavy (non-hydrogen) atoms. The van der Waals surface area contributed by atoms with Gasteiger partial charge in [0.2, 0.25) is 0 Å². The number of hydrogen-bond acceptors (Lipinski definition) is 6. The van der Waals surface area contributed by atoms with Crippen LogP contribution in [0.15, 0.2) is 22.9 Å². The molecule has 1 fully saturated rings. The lowest BCUT2D eigenvalue weighted by Gasteiger charge is -2.08. The van der Waals surface area contributed by atoms with Crippen molar-refractivity contribution in [1.82, 2.24) is 25.0 Å². The number of rotatable bonds is 6. The van der Waals surface area contributed by atoms with Gasteiger partial charge in [0.1, 0.15) is 17.9 Å². The predicted molar refractivity (Wildman–Crippen MR) is 92.2 cm³/mol. The highest BCUT2D eigenvalue weighted by molar-refractivity contribution is 9.10. The van der Waals surface area contributed by atoms with Gasteiger partial charge in [-0.05, 0) is 46.8 Å². The van der Waals surface area contributed by atoms with E-state index in [0.717, 1.165) is 28.0 Å². The number of esters is 1. The van der Waals surface area contributed by atoms with Crippen LogP contribution in [0.2, 0.25) is 0 Å². The molecule has 1 aliphatic rings. The van der Waals surface area contributed by atoms with Gasteiger partial charge in [-0.1, -0.05) is 5.21 Å². The summed E-state index contributed by atoms with van der Waals surface area (Å²) < 4.78 is 13.2. The van der Waals surface area contributed by atoms with E-state index in [2.05, 4.69) is 36.2 Å². The summed E-state index contributed by atoms with van der Waals surface area (Å²) >= 11 is 3.54. The number of nitrogens with one attached hydrogen (secondary N) is 1.